The van der Waals surface area contributed by atoms with Crippen LogP contribution in [0, 0.1) is 17.3 Å². The molecule has 4 nitrogen and oxygen atoms in total. The smallest absolute Gasteiger partial charge is 0.201 e. The molecule has 0 spiro atoms. The third-order valence-electron chi connectivity index (χ3n) is 4.38. The fourth-order valence-electron chi connectivity index (χ4n) is 2.70. The quantitative estimate of drug-likeness (QED) is 0.442. The van der Waals surface area contributed by atoms with E-state index in [-0.39, 0.29) is 17.1 Å². The average Bonchev–Trinajstić information content (AvgIpc) is 2.90. The molecule has 0 aromatic carbocycles. The van der Waals surface area contributed by atoms with Crippen LogP contribution in [-0.4, -0.2) is 23.9 Å². The summed E-state index contributed by atoms with van der Waals surface area (Å²) in [5, 5.41) is 8.85. The Morgan fingerprint density at radius 3 is 2.73 bits per heavy atom. The van der Waals surface area contributed by atoms with Gasteiger partial charge in [0.25, 0.3) is 0 Å². The largest absolute Gasteiger partial charge is 0.351 e. The van der Waals surface area contributed by atoms with E-state index in [4.69, 9.17) is 9.99 Å². The first-order valence-electron chi connectivity index (χ1n) is 5.37. The molecular formula is C11H18O4. The van der Waals surface area contributed by atoms with Gasteiger partial charge in [0, 0.05) is 24.9 Å². The van der Waals surface area contributed by atoms with E-state index in [0.717, 1.165) is 12.8 Å². The molecule has 0 saturated heterocycles. The van der Waals surface area contributed by atoms with Crippen LogP contribution in [0.15, 0.2) is 0 Å². The average molecular weight is 214 g/mol. The van der Waals surface area contributed by atoms with Gasteiger partial charge < -0.3 is 4.74 Å². The Labute approximate surface area is 89.5 Å². The van der Waals surface area contributed by atoms with Crippen molar-refractivity contribution in [3.63, 3.8) is 0 Å². The molecule has 1 N–H and O–H groups in total. The number of hydrogen-bond donors (Lipinski definition) is 1. The van der Waals surface area contributed by atoms with Crippen LogP contribution < -0.4 is 0 Å². The molecule has 0 aromatic rings. The Morgan fingerprint density at radius 1 is 1.60 bits per heavy atom. The number of rotatable bonds is 3. The molecule has 2 rings (SSSR count). The number of methoxy groups -OCH3 is 1. The van der Waals surface area contributed by atoms with Crippen molar-refractivity contribution in [2.24, 2.45) is 17.3 Å². The lowest BCUT2D eigenvalue weighted by atomic mass is 9.78. The number of Topliss-reactive ketones (excluding diaryl/α,β-unsaturated/α-hetero) is 1. The summed E-state index contributed by atoms with van der Waals surface area (Å²) in [7, 11) is 1.49. The zero-order valence-electron chi connectivity index (χ0n) is 9.45. The van der Waals surface area contributed by atoms with Crippen LogP contribution in [0.4, 0.5) is 0 Å². The molecule has 15 heavy (non-hydrogen) atoms. The van der Waals surface area contributed by atoms with Crippen molar-refractivity contribution in [3.8, 4) is 0 Å². The lowest BCUT2D eigenvalue weighted by molar-refractivity contribution is -0.409. The number of hydrogen-bond acceptors (Lipinski definition) is 4. The lowest BCUT2D eigenvalue weighted by Gasteiger charge is -2.36. The van der Waals surface area contributed by atoms with Crippen molar-refractivity contribution in [2.75, 3.05) is 7.11 Å². The van der Waals surface area contributed by atoms with Gasteiger partial charge in [-0.2, -0.15) is 0 Å². The molecule has 1 unspecified atom stereocenters. The Kier molecular flexibility index (Phi) is 2.41. The summed E-state index contributed by atoms with van der Waals surface area (Å²) in [4.78, 5) is 16.3. The summed E-state index contributed by atoms with van der Waals surface area (Å²) >= 11 is 0. The lowest BCUT2D eigenvalue weighted by Crippen LogP contribution is -2.43. The van der Waals surface area contributed by atoms with E-state index < -0.39 is 5.79 Å². The summed E-state index contributed by atoms with van der Waals surface area (Å²) in [5.41, 5.74) is -0.0827. The van der Waals surface area contributed by atoms with Crippen LogP contribution in [0.2, 0.25) is 0 Å². The van der Waals surface area contributed by atoms with Gasteiger partial charge in [-0.1, -0.05) is 6.92 Å². The molecule has 0 aliphatic heterocycles. The first-order valence-corrected chi connectivity index (χ1v) is 5.37. The molecule has 0 bridgehead atoms. The SMILES string of the molecule is COC(C)(OO)[C@@H]1CC(=O)[C@@]2(C)C[C@H]2C1. The molecule has 4 heteroatoms. The van der Waals surface area contributed by atoms with Crippen LogP contribution in [0.5, 0.6) is 0 Å². The highest BCUT2D eigenvalue weighted by molar-refractivity contribution is 5.88. The second kappa shape index (κ2) is 3.27. The number of ether oxygens (including phenoxy) is 1. The van der Waals surface area contributed by atoms with Crippen LogP contribution in [0.3, 0.4) is 0 Å². The zero-order valence-corrected chi connectivity index (χ0v) is 9.45. The van der Waals surface area contributed by atoms with E-state index in [2.05, 4.69) is 4.89 Å². The second-order valence-electron chi connectivity index (χ2n) is 5.19. The van der Waals surface area contributed by atoms with Crippen molar-refractivity contribution in [1.82, 2.24) is 0 Å². The van der Waals surface area contributed by atoms with Gasteiger partial charge in [0.2, 0.25) is 5.79 Å². The fourth-order valence-corrected chi connectivity index (χ4v) is 2.70. The van der Waals surface area contributed by atoms with E-state index in [1.165, 1.54) is 7.11 Å². The molecule has 4 atom stereocenters. The van der Waals surface area contributed by atoms with Crippen LogP contribution in [0.25, 0.3) is 0 Å². The fraction of sp³-hybridized carbons (Fsp3) is 0.909. The standard InChI is InChI=1S/C11H18O4/c1-10-6-8(10)4-7(5-9(10)12)11(2,14-3)15-13/h7-8,13H,4-6H2,1-3H3/t7-,8+,10-,11?/m0/s1. The van der Waals surface area contributed by atoms with Crippen molar-refractivity contribution in [1.29, 1.82) is 0 Å². The highest BCUT2D eigenvalue weighted by Gasteiger charge is 2.61. The molecule has 2 saturated carbocycles. The minimum absolute atomic E-state index is 0.0411. The van der Waals surface area contributed by atoms with Gasteiger partial charge in [0.1, 0.15) is 5.78 Å². The third kappa shape index (κ3) is 1.51. The van der Waals surface area contributed by atoms with Crippen molar-refractivity contribution in [2.45, 2.75) is 38.9 Å². The first kappa shape index (κ1) is 11.0. The minimum Gasteiger partial charge on any atom is -0.351 e. The number of fused-ring (bicyclic) bond motifs is 1. The highest BCUT2D eigenvalue weighted by Crippen LogP contribution is 2.61. The van der Waals surface area contributed by atoms with Crippen molar-refractivity contribution in [3.05, 3.63) is 0 Å². The van der Waals surface area contributed by atoms with Gasteiger partial charge in [-0.25, -0.2) is 10.1 Å². The Hall–Kier alpha value is -0.450. The third-order valence-corrected chi connectivity index (χ3v) is 4.38. The molecule has 0 amide bonds. The van der Waals surface area contributed by atoms with Crippen molar-refractivity contribution >= 4 is 5.78 Å². The Morgan fingerprint density at radius 2 is 2.27 bits per heavy atom. The molecule has 86 valence electrons. The number of carbonyl (C=O) groups is 1. The summed E-state index contributed by atoms with van der Waals surface area (Å²) in [6, 6.07) is 0. The van der Waals surface area contributed by atoms with Gasteiger partial charge in [-0.05, 0) is 25.7 Å². The first-order chi connectivity index (χ1) is 6.96. The summed E-state index contributed by atoms with van der Waals surface area (Å²) in [6.45, 7) is 3.70. The number of carbonyl (C=O) groups excluding carboxylic acids is 1. The predicted molar refractivity (Wildman–Crippen MR) is 53.1 cm³/mol. The highest BCUT2D eigenvalue weighted by atomic mass is 17.1. The summed E-state index contributed by atoms with van der Waals surface area (Å²) in [6.07, 6.45) is 2.32. The Bertz CT molecular complexity index is 284. The van der Waals surface area contributed by atoms with E-state index in [1.807, 2.05) is 6.92 Å². The van der Waals surface area contributed by atoms with E-state index in [0.29, 0.717) is 12.3 Å². The van der Waals surface area contributed by atoms with Crippen molar-refractivity contribution < 1.29 is 19.7 Å². The monoisotopic (exact) mass is 214 g/mol. The maximum absolute atomic E-state index is 11.9. The second-order valence-corrected chi connectivity index (χ2v) is 5.19. The maximum atomic E-state index is 11.9. The summed E-state index contributed by atoms with van der Waals surface area (Å²) in [5.74, 6) is -0.349. The molecular weight excluding hydrogens is 196 g/mol. The van der Waals surface area contributed by atoms with Gasteiger partial charge in [0.15, 0.2) is 0 Å². The molecule has 0 heterocycles. The number of ketones is 1. The Balaban J connectivity index is 2.11. The maximum Gasteiger partial charge on any atom is 0.201 e. The van der Waals surface area contributed by atoms with Gasteiger partial charge in [-0.15, -0.1) is 0 Å². The minimum atomic E-state index is -1.04. The van der Waals surface area contributed by atoms with Gasteiger partial charge in [-0.3, -0.25) is 4.79 Å². The van der Waals surface area contributed by atoms with Crippen LogP contribution in [-0.2, 0) is 14.4 Å². The normalized spacial score (nSPS) is 43.3. The van der Waals surface area contributed by atoms with E-state index in [1.54, 1.807) is 6.92 Å². The zero-order chi connectivity index (χ0) is 11.3. The van der Waals surface area contributed by atoms with Crippen LogP contribution >= 0.6 is 0 Å². The van der Waals surface area contributed by atoms with Gasteiger partial charge in [0.05, 0.1) is 0 Å². The molecule has 0 radical (unpaired) electrons. The van der Waals surface area contributed by atoms with E-state index >= 15 is 0 Å². The predicted octanol–water partition coefficient (Wildman–Crippen LogP) is 1.84. The molecule has 2 aliphatic carbocycles. The summed E-state index contributed by atoms with van der Waals surface area (Å²) < 4.78 is 5.15. The molecule has 0 aromatic heterocycles. The van der Waals surface area contributed by atoms with Crippen LogP contribution in [0.1, 0.15) is 33.1 Å². The van der Waals surface area contributed by atoms with E-state index in [9.17, 15) is 4.79 Å². The molecule has 2 fully saturated rings. The molecule has 2 aliphatic rings. The van der Waals surface area contributed by atoms with Gasteiger partial charge >= 0.3 is 0 Å². The topological polar surface area (TPSA) is 55.8 Å².